The third-order valence-electron chi connectivity index (χ3n) is 3.37. The van der Waals surface area contributed by atoms with Gasteiger partial charge in [-0.3, -0.25) is 0 Å². The van der Waals surface area contributed by atoms with Crippen LogP contribution in [0, 0.1) is 0 Å². The summed E-state index contributed by atoms with van der Waals surface area (Å²) in [5.41, 5.74) is 1.24. The van der Waals surface area contributed by atoms with Gasteiger partial charge in [0, 0.05) is 18.5 Å². The molecule has 0 amide bonds. The second-order valence-corrected chi connectivity index (χ2v) is 6.40. The van der Waals surface area contributed by atoms with E-state index in [1.807, 2.05) is 25.2 Å². The van der Waals surface area contributed by atoms with Gasteiger partial charge in [0.25, 0.3) is 0 Å². The molecule has 0 unspecified atom stereocenters. The average molecular weight is 318 g/mol. The molecule has 3 rings (SSSR count). The van der Waals surface area contributed by atoms with Crippen LogP contribution in [0.3, 0.4) is 0 Å². The SMILES string of the molecule is CCc1cc2c(N(C)Cc3ccccc3)nc(Cl)nc2s1. The van der Waals surface area contributed by atoms with E-state index in [0.29, 0.717) is 5.28 Å². The molecule has 0 atom stereocenters. The summed E-state index contributed by atoms with van der Waals surface area (Å²) in [6, 6.07) is 12.5. The first-order valence-corrected chi connectivity index (χ1v) is 8.08. The van der Waals surface area contributed by atoms with Gasteiger partial charge < -0.3 is 4.90 Å². The number of hydrogen-bond donors (Lipinski definition) is 0. The van der Waals surface area contributed by atoms with Crippen LogP contribution in [0.15, 0.2) is 36.4 Å². The maximum Gasteiger partial charge on any atom is 0.225 e. The lowest BCUT2D eigenvalue weighted by Gasteiger charge is -2.19. The molecule has 108 valence electrons. The molecular weight excluding hydrogens is 302 g/mol. The van der Waals surface area contributed by atoms with E-state index in [1.54, 1.807) is 11.3 Å². The van der Waals surface area contributed by atoms with Crippen molar-refractivity contribution in [3.05, 3.63) is 52.1 Å². The average Bonchev–Trinajstić information content (AvgIpc) is 2.90. The number of rotatable bonds is 4. The minimum atomic E-state index is 0.307. The highest BCUT2D eigenvalue weighted by Gasteiger charge is 2.14. The number of hydrogen-bond acceptors (Lipinski definition) is 4. The topological polar surface area (TPSA) is 29.0 Å². The minimum Gasteiger partial charge on any atom is -0.355 e. The molecule has 0 bridgehead atoms. The summed E-state index contributed by atoms with van der Waals surface area (Å²) in [6.45, 7) is 2.94. The van der Waals surface area contributed by atoms with Gasteiger partial charge in [-0.15, -0.1) is 11.3 Å². The Morgan fingerprint density at radius 1 is 1.19 bits per heavy atom. The number of halogens is 1. The van der Waals surface area contributed by atoms with E-state index in [1.165, 1.54) is 10.4 Å². The Labute approximate surface area is 133 Å². The van der Waals surface area contributed by atoms with E-state index in [2.05, 4.69) is 40.0 Å². The molecule has 0 radical (unpaired) electrons. The molecule has 0 aliphatic carbocycles. The summed E-state index contributed by atoms with van der Waals surface area (Å²) in [6.07, 6.45) is 1.00. The summed E-state index contributed by atoms with van der Waals surface area (Å²) in [4.78, 5) is 13.2. The number of benzene rings is 1. The second-order valence-electron chi connectivity index (χ2n) is 4.94. The standard InChI is InChI=1S/C16H16ClN3S/c1-3-12-9-13-14(18-16(17)19-15(13)21-12)20(2)10-11-7-5-4-6-8-11/h4-9H,3,10H2,1-2H3. The first-order valence-electron chi connectivity index (χ1n) is 6.88. The van der Waals surface area contributed by atoms with Gasteiger partial charge in [0.15, 0.2) is 0 Å². The Kier molecular flexibility index (Phi) is 4.08. The molecule has 0 aliphatic heterocycles. The molecule has 0 saturated heterocycles. The maximum absolute atomic E-state index is 6.08. The van der Waals surface area contributed by atoms with E-state index in [9.17, 15) is 0 Å². The molecule has 3 aromatic rings. The third-order valence-corrected chi connectivity index (χ3v) is 4.71. The zero-order chi connectivity index (χ0) is 14.8. The Bertz CT molecular complexity index is 755. The molecule has 5 heteroatoms. The fraction of sp³-hybridized carbons (Fsp3) is 0.250. The highest BCUT2D eigenvalue weighted by Crippen LogP contribution is 2.32. The maximum atomic E-state index is 6.08. The fourth-order valence-electron chi connectivity index (χ4n) is 2.33. The van der Waals surface area contributed by atoms with Crippen LogP contribution in [0.25, 0.3) is 10.2 Å². The second kappa shape index (κ2) is 6.00. The molecule has 0 aliphatic rings. The number of thiophene rings is 1. The van der Waals surface area contributed by atoms with Gasteiger partial charge >= 0.3 is 0 Å². The largest absolute Gasteiger partial charge is 0.355 e. The van der Waals surface area contributed by atoms with Crippen molar-refractivity contribution in [1.29, 1.82) is 0 Å². The summed E-state index contributed by atoms with van der Waals surface area (Å²) < 4.78 is 0. The van der Waals surface area contributed by atoms with Gasteiger partial charge in [-0.25, -0.2) is 4.98 Å². The Morgan fingerprint density at radius 3 is 2.67 bits per heavy atom. The van der Waals surface area contributed by atoms with Crippen LogP contribution in [-0.2, 0) is 13.0 Å². The van der Waals surface area contributed by atoms with E-state index >= 15 is 0 Å². The highest BCUT2D eigenvalue weighted by molar-refractivity contribution is 7.18. The lowest BCUT2D eigenvalue weighted by atomic mass is 10.2. The number of aryl methyl sites for hydroxylation is 1. The summed E-state index contributed by atoms with van der Waals surface area (Å²) in [7, 11) is 2.04. The molecule has 3 nitrogen and oxygen atoms in total. The normalized spacial score (nSPS) is 11.0. The molecule has 0 fully saturated rings. The Morgan fingerprint density at radius 2 is 1.95 bits per heavy atom. The molecule has 2 aromatic heterocycles. The molecule has 21 heavy (non-hydrogen) atoms. The van der Waals surface area contributed by atoms with Crippen molar-refractivity contribution in [3.63, 3.8) is 0 Å². The minimum absolute atomic E-state index is 0.307. The summed E-state index contributed by atoms with van der Waals surface area (Å²) in [5, 5.41) is 1.39. The van der Waals surface area contributed by atoms with E-state index < -0.39 is 0 Å². The zero-order valence-electron chi connectivity index (χ0n) is 12.0. The number of nitrogens with zero attached hydrogens (tertiary/aromatic N) is 3. The van der Waals surface area contributed by atoms with E-state index in [-0.39, 0.29) is 0 Å². The van der Waals surface area contributed by atoms with Crippen LogP contribution in [0.4, 0.5) is 5.82 Å². The van der Waals surface area contributed by atoms with Crippen LogP contribution < -0.4 is 4.90 Å². The quantitative estimate of drug-likeness (QED) is 0.661. The highest BCUT2D eigenvalue weighted by atomic mass is 35.5. The fourth-order valence-corrected chi connectivity index (χ4v) is 3.50. The first-order chi connectivity index (χ1) is 10.2. The monoisotopic (exact) mass is 317 g/mol. The van der Waals surface area contributed by atoms with Crippen LogP contribution in [0.5, 0.6) is 0 Å². The van der Waals surface area contributed by atoms with Gasteiger partial charge in [0.2, 0.25) is 5.28 Å². The number of anilines is 1. The summed E-state index contributed by atoms with van der Waals surface area (Å²) >= 11 is 7.77. The van der Waals surface area contributed by atoms with Crippen LogP contribution >= 0.6 is 22.9 Å². The molecule has 2 heterocycles. The molecule has 1 aromatic carbocycles. The predicted octanol–water partition coefficient (Wildman–Crippen LogP) is 4.54. The predicted molar refractivity (Wildman–Crippen MR) is 90.4 cm³/mol. The Hall–Kier alpha value is -1.65. The van der Waals surface area contributed by atoms with Crippen molar-refractivity contribution < 1.29 is 0 Å². The number of aromatic nitrogens is 2. The van der Waals surface area contributed by atoms with E-state index in [0.717, 1.165) is 29.0 Å². The van der Waals surface area contributed by atoms with Gasteiger partial charge in [-0.1, -0.05) is 37.3 Å². The van der Waals surface area contributed by atoms with Crippen molar-refractivity contribution in [2.24, 2.45) is 0 Å². The van der Waals surface area contributed by atoms with Crippen LogP contribution in [0.2, 0.25) is 5.28 Å². The van der Waals surface area contributed by atoms with Gasteiger partial charge in [-0.2, -0.15) is 4.98 Å². The van der Waals surface area contributed by atoms with Crippen LogP contribution in [-0.4, -0.2) is 17.0 Å². The van der Waals surface area contributed by atoms with Gasteiger partial charge in [0.05, 0.1) is 5.39 Å². The Balaban J connectivity index is 2.00. The van der Waals surface area contributed by atoms with Crippen molar-refractivity contribution in [3.8, 4) is 0 Å². The summed E-state index contributed by atoms with van der Waals surface area (Å²) in [5.74, 6) is 0.893. The smallest absolute Gasteiger partial charge is 0.225 e. The van der Waals surface area contributed by atoms with E-state index in [4.69, 9.17) is 11.6 Å². The lowest BCUT2D eigenvalue weighted by Crippen LogP contribution is -2.18. The molecule has 0 N–H and O–H groups in total. The number of fused-ring (bicyclic) bond motifs is 1. The molecule has 0 spiro atoms. The zero-order valence-corrected chi connectivity index (χ0v) is 13.6. The van der Waals surface area contributed by atoms with Gasteiger partial charge in [0.1, 0.15) is 10.6 Å². The van der Waals surface area contributed by atoms with Crippen molar-refractivity contribution in [1.82, 2.24) is 9.97 Å². The third kappa shape index (κ3) is 3.01. The van der Waals surface area contributed by atoms with Crippen molar-refractivity contribution in [2.75, 3.05) is 11.9 Å². The first kappa shape index (κ1) is 14.3. The van der Waals surface area contributed by atoms with Gasteiger partial charge in [-0.05, 0) is 29.7 Å². The van der Waals surface area contributed by atoms with Crippen LogP contribution in [0.1, 0.15) is 17.4 Å². The molecular formula is C16H16ClN3S. The lowest BCUT2D eigenvalue weighted by molar-refractivity contribution is 0.901. The molecule has 0 saturated carbocycles. The van der Waals surface area contributed by atoms with Crippen molar-refractivity contribution in [2.45, 2.75) is 19.9 Å². The van der Waals surface area contributed by atoms with Crippen molar-refractivity contribution >= 4 is 39.0 Å².